The van der Waals surface area contributed by atoms with Crippen molar-refractivity contribution < 1.29 is 22.7 Å². The van der Waals surface area contributed by atoms with E-state index in [9.17, 15) is 18.0 Å². The number of aromatic nitrogens is 2. The lowest BCUT2D eigenvalue weighted by atomic mass is 9.81. The van der Waals surface area contributed by atoms with Crippen LogP contribution in [0.2, 0.25) is 0 Å². The van der Waals surface area contributed by atoms with Gasteiger partial charge in [-0.05, 0) is 32.6 Å². The van der Waals surface area contributed by atoms with E-state index in [0.29, 0.717) is 23.1 Å². The summed E-state index contributed by atoms with van der Waals surface area (Å²) in [6.07, 6.45) is 1.54. The second-order valence-corrected chi connectivity index (χ2v) is 7.80. The van der Waals surface area contributed by atoms with Gasteiger partial charge in [0.2, 0.25) is 11.9 Å². The van der Waals surface area contributed by atoms with Crippen molar-refractivity contribution in [2.75, 3.05) is 29.2 Å². The van der Waals surface area contributed by atoms with Crippen LogP contribution in [-0.2, 0) is 4.79 Å². The van der Waals surface area contributed by atoms with E-state index < -0.39 is 17.5 Å². The van der Waals surface area contributed by atoms with Gasteiger partial charge in [-0.3, -0.25) is 4.79 Å². The summed E-state index contributed by atoms with van der Waals surface area (Å²) in [7, 11) is 1.82. The quantitative estimate of drug-likeness (QED) is 0.722. The minimum atomic E-state index is -1.50. The monoisotopic (exact) mass is 421 g/mol. The normalized spacial score (nSPS) is 22.8. The van der Waals surface area contributed by atoms with Crippen LogP contribution in [0.1, 0.15) is 25.5 Å². The first-order valence-corrected chi connectivity index (χ1v) is 9.69. The Hall–Kier alpha value is -3.04. The molecule has 0 unspecified atom stereocenters. The predicted molar refractivity (Wildman–Crippen MR) is 105 cm³/mol. The molecule has 1 saturated carbocycles. The Morgan fingerprint density at radius 3 is 2.57 bits per heavy atom. The van der Waals surface area contributed by atoms with Crippen molar-refractivity contribution in [1.82, 2.24) is 9.97 Å². The van der Waals surface area contributed by atoms with Gasteiger partial charge in [-0.25, -0.2) is 18.2 Å². The van der Waals surface area contributed by atoms with Crippen LogP contribution >= 0.6 is 0 Å². The number of ether oxygens (including phenoxy) is 1. The fourth-order valence-corrected chi connectivity index (χ4v) is 3.61. The lowest BCUT2D eigenvalue weighted by molar-refractivity contribution is -0.117. The number of carbonyl (C=O) groups excluding carboxylic acids is 1. The zero-order valence-corrected chi connectivity index (χ0v) is 16.8. The molecule has 0 saturated heterocycles. The minimum Gasteiger partial charge on any atom is -0.493 e. The summed E-state index contributed by atoms with van der Waals surface area (Å²) in [5.74, 6) is -2.84. The van der Waals surface area contributed by atoms with Gasteiger partial charge >= 0.3 is 0 Å². The van der Waals surface area contributed by atoms with Crippen molar-refractivity contribution in [2.45, 2.75) is 38.8 Å². The first kappa shape index (κ1) is 20.2. The maximum absolute atomic E-state index is 13.2. The number of fused-ring (bicyclic) bond motifs is 1. The van der Waals surface area contributed by atoms with Crippen molar-refractivity contribution >= 4 is 23.4 Å². The first-order chi connectivity index (χ1) is 14.2. The molecule has 1 amide bonds. The number of amides is 1. The summed E-state index contributed by atoms with van der Waals surface area (Å²) < 4.78 is 44.9. The molecule has 30 heavy (non-hydrogen) atoms. The number of halogens is 3. The van der Waals surface area contributed by atoms with Crippen LogP contribution in [0.5, 0.6) is 5.75 Å². The van der Waals surface area contributed by atoms with Crippen molar-refractivity contribution in [2.24, 2.45) is 5.92 Å². The highest BCUT2D eigenvalue weighted by molar-refractivity contribution is 6.03. The van der Waals surface area contributed by atoms with Gasteiger partial charge in [0.1, 0.15) is 17.5 Å². The smallest absolute Gasteiger partial charge is 0.246 e. The minimum absolute atomic E-state index is 0.0318. The molecule has 0 radical (unpaired) electrons. The van der Waals surface area contributed by atoms with Gasteiger partial charge in [0, 0.05) is 25.2 Å². The fourth-order valence-electron chi connectivity index (χ4n) is 3.61. The number of anilines is 3. The molecule has 1 fully saturated rings. The van der Waals surface area contributed by atoms with Crippen LogP contribution in [0, 0.1) is 30.3 Å². The van der Waals surface area contributed by atoms with Gasteiger partial charge < -0.3 is 20.3 Å². The third-order valence-electron chi connectivity index (χ3n) is 5.63. The van der Waals surface area contributed by atoms with Crippen LogP contribution in [0.15, 0.2) is 12.1 Å². The Morgan fingerprint density at radius 2 is 1.90 bits per heavy atom. The van der Waals surface area contributed by atoms with Gasteiger partial charge in [0.25, 0.3) is 0 Å². The number of aryl methyl sites for hydroxylation is 1. The molecule has 2 heterocycles. The summed E-state index contributed by atoms with van der Waals surface area (Å²) >= 11 is 0. The molecular formula is C20H22F3N5O2. The zero-order valence-electron chi connectivity index (χ0n) is 16.8. The molecule has 1 aromatic heterocycles. The van der Waals surface area contributed by atoms with Crippen molar-refractivity contribution in [3.63, 3.8) is 0 Å². The number of nitrogens with zero attached hydrogens (tertiary/aromatic N) is 3. The van der Waals surface area contributed by atoms with Crippen molar-refractivity contribution in [3.8, 4) is 5.75 Å². The second kappa shape index (κ2) is 7.66. The average molecular weight is 421 g/mol. The number of likely N-dealkylation sites (N-methyl/N-ethyl adjacent to an activating group) is 1. The van der Waals surface area contributed by atoms with Gasteiger partial charge in [-0.2, -0.15) is 4.98 Å². The van der Waals surface area contributed by atoms with E-state index in [-0.39, 0.29) is 36.3 Å². The first-order valence-electron chi connectivity index (χ1n) is 9.69. The Kier molecular flexibility index (Phi) is 5.17. The molecule has 1 aliphatic heterocycles. The SMILES string of the molecule is Cc1nc(N[C@H]2C[C@H](COc3cc(F)c(F)c(F)c3)C2)nc2c1NC(=O)[C@H](C)N2C. The Labute approximate surface area is 171 Å². The highest BCUT2D eigenvalue weighted by atomic mass is 19.2. The van der Waals surface area contributed by atoms with Crippen molar-refractivity contribution in [3.05, 3.63) is 35.3 Å². The third kappa shape index (κ3) is 3.73. The molecule has 0 bridgehead atoms. The molecule has 4 rings (SSSR count). The van der Waals surface area contributed by atoms with E-state index >= 15 is 0 Å². The maximum Gasteiger partial charge on any atom is 0.246 e. The lowest BCUT2D eigenvalue weighted by Crippen LogP contribution is -2.45. The molecule has 7 nitrogen and oxygen atoms in total. The van der Waals surface area contributed by atoms with Gasteiger partial charge in [0.15, 0.2) is 23.3 Å². The van der Waals surface area contributed by atoms with E-state index in [0.717, 1.165) is 25.0 Å². The molecule has 1 atom stereocenters. The summed E-state index contributed by atoms with van der Waals surface area (Å²) in [6, 6.07) is 1.49. The molecule has 2 N–H and O–H groups in total. The van der Waals surface area contributed by atoms with Crippen LogP contribution in [0.25, 0.3) is 0 Å². The number of rotatable bonds is 5. The molecule has 10 heteroatoms. The predicted octanol–water partition coefficient (Wildman–Crippen LogP) is 3.25. The summed E-state index contributed by atoms with van der Waals surface area (Å²) in [4.78, 5) is 22.8. The topological polar surface area (TPSA) is 79.4 Å². The highest BCUT2D eigenvalue weighted by Crippen LogP contribution is 2.34. The molecular weight excluding hydrogens is 399 g/mol. The van der Waals surface area contributed by atoms with Crippen LogP contribution in [0.4, 0.5) is 30.6 Å². The Morgan fingerprint density at radius 1 is 1.23 bits per heavy atom. The molecule has 160 valence electrons. The van der Waals surface area contributed by atoms with Gasteiger partial charge in [-0.1, -0.05) is 0 Å². The van der Waals surface area contributed by atoms with Crippen LogP contribution in [-0.4, -0.2) is 41.6 Å². The highest BCUT2D eigenvalue weighted by Gasteiger charge is 2.33. The van der Waals surface area contributed by atoms with E-state index in [1.165, 1.54) is 0 Å². The number of carbonyl (C=O) groups is 1. The van der Waals surface area contributed by atoms with Crippen LogP contribution < -0.4 is 20.3 Å². The molecule has 0 spiro atoms. The van der Waals surface area contributed by atoms with Crippen molar-refractivity contribution in [1.29, 1.82) is 0 Å². The van der Waals surface area contributed by atoms with Crippen LogP contribution in [0.3, 0.4) is 0 Å². The number of benzene rings is 1. The van der Waals surface area contributed by atoms with E-state index in [2.05, 4.69) is 20.6 Å². The number of hydrogen-bond donors (Lipinski definition) is 2. The van der Waals surface area contributed by atoms with Gasteiger partial charge in [-0.15, -0.1) is 0 Å². The van der Waals surface area contributed by atoms with Gasteiger partial charge in [0.05, 0.1) is 12.3 Å². The third-order valence-corrected chi connectivity index (χ3v) is 5.63. The second-order valence-electron chi connectivity index (χ2n) is 7.80. The van der Waals surface area contributed by atoms with E-state index in [1.54, 1.807) is 6.92 Å². The fraction of sp³-hybridized carbons (Fsp3) is 0.450. The zero-order chi connectivity index (χ0) is 21.6. The molecule has 2 aliphatic rings. The Balaban J connectivity index is 1.33. The Bertz CT molecular complexity index is 974. The largest absolute Gasteiger partial charge is 0.493 e. The average Bonchev–Trinajstić information content (AvgIpc) is 2.67. The molecule has 1 aromatic carbocycles. The summed E-state index contributed by atoms with van der Waals surface area (Å²) in [6.45, 7) is 3.89. The molecule has 1 aliphatic carbocycles. The number of hydrogen-bond acceptors (Lipinski definition) is 6. The maximum atomic E-state index is 13.2. The number of nitrogens with one attached hydrogen (secondary N) is 2. The molecule has 2 aromatic rings. The standard InChI is InChI=1S/C20H22F3N5O2/c1-9-17-18(28(3)10(2)19(29)26-17)27-20(24-9)25-12-4-11(5-12)8-30-13-6-14(21)16(23)15(22)7-13/h6-7,10-12H,4-5,8H2,1-3H3,(H,26,29)(H,24,25,27)/t10-,11-,12-/m0/s1. The lowest BCUT2D eigenvalue weighted by Gasteiger charge is -2.36. The van der Waals surface area contributed by atoms with E-state index in [1.807, 2.05) is 18.9 Å². The van der Waals surface area contributed by atoms with E-state index in [4.69, 9.17) is 4.74 Å². The summed E-state index contributed by atoms with van der Waals surface area (Å²) in [5.41, 5.74) is 1.29. The summed E-state index contributed by atoms with van der Waals surface area (Å²) in [5, 5.41) is 6.12.